The van der Waals surface area contributed by atoms with E-state index in [2.05, 4.69) is 5.32 Å². The number of nitro benzene ring substituents is 1. The number of nitrogens with one attached hydrogen (secondary N) is 1. The molecule has 1 heterocycles. The number of halogens is 1. The summed E-state index contributed by atoms with van der Waals surface area (Å²) in [5.41, 5.74) is 1.10. The maximum Gasteiger partial charge on any atom is 0.278 e. The van der Waals surface area contributed by atoms with Crippen LogP contribution in [0.4, 0.5) is 15.8 Å². The van der Waals surface area contributed by atoms with Gasteiger partial charge in [0, 0.05) is 28.8 Å². The van der Waals surface area contributed by atoms with Gasteiger partial charge in [0.25, 0.3) is 17.5 Å². The van der Waals surface area contributed by atoms with Crippen molar-refractivity contribution in [3.05, 3.63) is 124 Å². The van der Waals surface area contributed by atoms with E-state index in [1.807, 2.05) is 36.4 Å². The van der Waals surface area contributed by atoms with E-state index in [4.69, 9.17) is 0 Å². The molecule has 0 unspecified atom stereocenters. The fourth-order valence-corrected chi connectivity index (χ4v) is 4.12. The first-order valence-corrected chi connectivity index (χ1v) is 10.8. The smallest absolute Gasteiger partial charge is 0.278 e. The normalized spacial score (nSPS) is 13.6. The van der Waals surface area contributed by atoms with Gasteiger partial charge in [-0.2, -0.15) is 0 Å². The van der Waals surface area contributed by atoms with Crippen molar-refractivity contribution in [1.29, 1.82) is 0 Å². The van der Waals surface area contributed by atoms with Crippen molar-refractivity contribution in [2.75, 3.05) is 5.32 Å². The molecular formula is C27H18FN3O4. The number of imide groups is 1. The van der Waals surface area contributed by atoms with E-state index in [1.54, 1.807) is 12.1 Å². The Morgan fingerprint density at radius 1 is 0.829 bits per heavy atom. The zero-order chi connectivity index (χ0) is 24.5. The first-order valence-electron chi connectivity index (χ1n) is 10.8. The topological polar surface area (TPSA) is 92.5 Å². The lowest BCUT2D eigenvalue weighted by Gasteiger charge is -2.16. The third kappa shape index (κ3) is 4.02. The van der Waals surface area contributed by atoms with Crippen LogP contribution in [0.5, 0.6) is 0 Å². The molecule has 1 N–H and O–H groups in total. The number of benzene rings is 4. The number of nitro groups is 1. The standard InChI is InChI=1S/C27H18FN3O4/c28-22-10-4-2-7-19(22)16-30-26(32)24(18-12-14-20(15-13-18)31(34)35)25(27(30)33)29-23-11-5-8-17-6-1-3-9-21(17)23/h1-15,29H,16H2. The molecule has 1 aliphatic heterocycles. The van der Waals surface area contributed by atoms with Gasteiger partial charge >= 0.3 is 0 Å². The Labute approximate surface area is 199 Å². The minimum Gasteiger partial charge on any atom is -0.350 e. The highest BCUT2D eigenvalue weighted by molar-refractivity contribution is 6.36. The first kappa shape index (κ1) is 22.0. The minimum atomic E-state index is -0.616. The number of nitrogens with zero attached hydrogens (tertiary/aromatic N) is 2. The highest BCUT2D eigenvalue weighted by atomic mass is 19.1. The summed E-state index contributed by atoms with van der Waals surface area (Å²) >= 11 is 0. The molecule has 5 rings (SSSR count). The molecule has 0 radical (unpaired) electrons. The molecule has 172 valence electrons. The van der Waals surface area contributed by atoms with Crippen LogP contribution < -0.4 is 5.32 Å². The van der Waals surface area contributed by atoms with Gasteiger partial charge < -0.3 is 5.32 Å². The zero-order valence-corrected chi connectivity index (χ0v) is 18.3. The molecule has 1 aliphatic rings. The Bertz CT molecular complexity index is 1520. The van der Waals surface area contributed by atoms with Crippen LogP contribution in [0.1, 0.15) is 11.1 Å². The van der Waals surface area contributed by atoms with Crippen molar-refractivity contribution in [2.24, 2.45) is 0 Å². The lowest BCUT2D eigenvalue weighted by atomic mass is 10.0. The van der Waals surface area contributed by atoms with Crippen LogP contribution in [-0.4, -0.2) is 21.6 Å². The quantitative estimate of drug-likeness (QED) is 0.237. The van der Waals surface area contributed by atoms with E-state index >= 15 is 0 Å². The van der Waals surface area contributed by atoms with Gasteiger partial charge in [-0.1, -0.05) is 54.6 Å². The fourth-order valence-electron chi connectivity index (χ4n) is 4.12. The maximum atomic E-state index is 14.3. The Balaban J connectivity index is 1.60. The summed E-state index contributed by atoms with van der Waals surface area (Å²) in [6.07, 6.45) is 0. The van der Waals surface area contributed by atoms with Crippen LogP contribution in [0, 0.1) is 15.9 Å². The number of non-ortho nitro benzene ring substituents is 1. The van der Waals surface area contributed by atoms with Crippen LogP contribution in [0.15, 0.2) is 96.7 Å². The monoisotopic (exact) mass is 467 g/mol. The highest BCUT2D eigenvalue weighted by Crippen LogP contribution is 2.34. The lowest BCUT2D eigenvalue weighted by Crippen LogP contribution is -2.32. The third-order valence-electron chi connectivity index (χ3n) is 5.87. The third-order valence-corrected chi connectivity index (χ3v) is 5.87. The molecule has 8 heteroatoms. The number of hydrogen-bond donors (Lipinski definition) is 1. The predicted molar refractivity (Wildman–Crippen MR) is 130 cm³/mol. The van der Waals surface area contributed by atoms with Gasteiger partial charge in [-0.3, -0.25) is 24.6 Å². The number of fused-ring (bicyclic) bond motifs is 1. The van der Waals surface area contributed by atoms with Crippen molar-refractivity contribution in [3.63, 3.8) is 0 Å². The number of rotatable bonds is 6. The molecule has 0 aliphatic carbocycles. The fraction of sp³-hybridized carbons (Fsp3) is 0.0370. The molecule has 0 saturated heterocycles. The molecule has 0 bridgehead atoms. The molecule has 35 heavy (non-hydrogen) atoms. The maximum absolute atomic E-state index is 14.3. The summed E-state index contributed by atoms with van der Waals surface area (Å²) in [6, 6.07) is 24.5. The first-order chi connectivity index (χ1) is 16.9. The van der Waals surface area contributed by atoms with Crippen LogP contribution >= 0.6 is 0 Å². The molecule has 0 saturated carbocycles. The average Bonchev–Trinajstić information content (AvgIpc) is 3.09. The van der Waals surface area contributed by atoms with Crippen LogP contribution in [0.2, 0.25) is 0 Å². The molecule has 4 aromatic carbocycles. The molecule has 7 nitrogen and oxygen atoms in total. The van der Waals surface area contributed by atoms with Gasteiger partial charge in [-0.15, -0.1) is 0 Å². The summed E-state index contributed by atoms with van der Waals surface area (Å²) in [5, 5.41) is 16.0. The van der Waals surface area contributed by atoms with E-state index < -0.39 is 22.6 Å². The molecule has 2 amide bonds. The van der Waals surface area contributed by atoms with Crippen molar-refractivity contribution in [3.8, 4) is 0 Å². The Morgan fingerprint density at radius 2 is 1.51 bits per heavy atom. The van der Waals surface area contributed by atoms with Gasteiger partial charge in [0.15, 0.2) is 0 Å². The van der Waals surface area contributed by atoms with Crippen molar-refractivity contribution in [1.82, 2.24) is 4.90 Å². The van der Waals surface area contributed by atoms with Gasteiger partial charge in [0.1, 0.15) is 11.5 Å². The summed E-state index contributed by atoms with van der Waals surface area (Å²) in [4.78, 5) is 38.5. The van der Waals surface area contributed by atoms with Crippen LogP contribution in [-0.2, 0) is 16.1 Å². The van der Waals surface area contributed by atoms with Gasteiger partial charge in [-0.05, 0) is 35.2 Å². The predicted octanol–water partition coefficient (Wildman–Crippen LogP) is 5.28. The summed E-state index contributed by atoms with van der Waals surface area (Å²) in [6.45, 7) is -0.248. The minimum absolute atomic E-state index is 0.0246. The molecular weight excluding hydrogens is 449 g/mol. The number of carbonyl (C=O) groups excluding carboxylic acids is 2. The molecule has 0 spiro atoms. The van der Waals surface area contributed by atoms with Gasteiger partial charge in [0.2, 0.25) is 0 Å². The van der Waals surface area contributed by atoms with E-state index in [0.29, 0.717) is 11.3 Å². The second-order valence-electron chi connectivity index (χ2n) is 7.99. The van der Waals surface area contributed by atoms with E-state index in [-0.39, 0.29) is 29.1 Å². The summed E-state index contributed by atoms with van der Waals surface area (Å²) in [7, 11) is 0. The SMILES string of the molecule is O=C1C(Nc2cccc3ccccc23)=C(c2ccc([N+](=O)[O-])cc2)C(=O)N1Cc1ccccc1F. The van der Waals surface area contributed by atoms with Crippen LogP contribution in [0.3, 0.4) is 0 Å². The molecule has 0 atom stereocenters. The Morgan fingerprint density at radius 3 is 2.26 bits per heavy atom. The zero-order valence-electron chi connectivity index (χ0n) is 18.3. The largest absolute Gasteiger partial charge is 0.350 e. The molecule has 0 fully saturated rings. The van der Waals surface area contributed by atoms with Crippen molar-refractivity contribution < 1.29 is 18.9 Å². The van der Waals surface area contributed by atoms with Gasteiger partial charge in [-0.25, -0.2) is 4.39 Å². The second kappa shape index (κ2) is 8.83. The second-order valence-corrected chi connectivity index (χ2v) is 7.99. The Kier molecular flexibility index (Phi) is 5.54. The average molecular weight is 467 g/mol. The summed E-state index contributed by atoms with van der Waals surface area (Å²) < 4.78 is 14.3. The number of amides is 2. The molecule has 0 aromatic heterocycles. The van der Waals surface area contributed by atoms with E-state index in [1.165, 1.54) is 42.5 Å². The van der Waals surface area contributed by atoms with E-state index in [0.717, 1.165) is 15.7 Å². The number of carbonyl (C=O) groups is 2. The van der Waals surface area contributed by atoms with Crippen LogP contribution in [0.25, 0.3) is 16.3 Å². The summed E-state index contributed by atoms with van der Waals surface area (Å²) in [5.74, 6) is -1.75. The highest BCUT2D eigenvalue weighted by Gasteiger charge is 2.39. The number of hydrogen-bond acceptors (Lipinski definition) is 5. The Hall–Kier alpha value is -4.85. The van der Waals surface area contributed by atoms with Gasteiger partial charge in [0.05, 0.1) is 17.0 Å². The van der Waals surface area contributed by atoms with E-state index in [9.17, 15) is 24.1 Å². The van der Waals surface area contributed by atoms with Crippen molar-refractivity contribution >= 4 is 39.5 Å². The molecule has 4 aromatic rings. The lowest BCUT2D eigenvalue weighted by molar-refractivity contribution is -0.384. The van der Waals surface area contributed by atoms with Crippen molar-refractivity contribution in [2.45, 2.75) is 6.54 Å². The number of anilines is 1.